The van der Waals surface area contributed by atoms with Gasteiger partial charge in [0.15, 0.2) is 0 Å². The number of hydrogen-bond donors (Lipinski definition) is 1. The minimum absolute atomic E-state index is 0.0384. The Kier molecular flexibility index (Phi) is 2.63. The topological polar surface area (TPSA) is 42.7 Å². The van der Waals surface area contributed by atoms with Crippen molar-refractivity contribution >= 4 is 11.0 Å². The summed E-state index contributed by atoms with van der Waals surface area (Å²) in [5.74, 6) is 1.11. The van der Waals surface area contributed by atoms with Crippen LogP contribution in [0, 0.1) is 0 Å². The third-order valence-corrected chi connectivity index (χ3v) is 3.32. The first-order chi connectivity index (χ1) is 8.55. The van der Waals surface area contributed by atoms with Crippen LogP contribution in [0.2, 0.25) is 0 Å². The van der Waals surface area contributed by atoms with Crippen LogP contribution in [-0.2, 0) is 12.1 Å². The molecule has 2 aromatic heterocycles. The molecule has 1 fully saturated rings. The van der Waals surface area contributed by atoms with E-state index in [4.69, 9.17) is 4.98 Å². The number of hydrogen-bond acceptors (Lipinski definition) is 3. The van der Waals surface area contributed by atoms with Gasteiger partial charge in [-0.15, -0.1) is 0 Å². The SMILES string of the molecule is CC(C)(C)n1c(CNC2CC2)nc2cnccc21. The molecule has 1 aliphatic carbocycles. The molecule has 1 aliphatic rings. The molecular weight excluding hydrogens is 224 g/mol. The van der Waals surface area contributed by atoms with E-state index in [1.807, 2.05) is 18.5 Å². The van der Waals surface area contributed by atoms with Crippen LogP contribution in [0.4, 0.5) is 0 Å². The minimum atomic E-state index is 0.0384. The molecule has 2 heterocycles. The lowest BCUT2D eigenvalue weighted by molar-refractivity contribution is 0.388. The maximum atomic E-state index is 4.72. The van der Waals surface area contributed by atoms with Crippen molar-refractivity contribution in [3.8, 4) is 0 Å². The zero-order valence-corrected chi connectivity index (χ0v) is 11.3. The molecule has 3 rings (SSSR count). The van der Waals surface area contributed by atoms with E-state index >= 15 is 0 Å². The van der Waals surface area contributed by atoms with Gasteiger partial charge in [-0.2, -0.15) is 0 Å². The van der Waals surface area contributed by atoms with Crippen molar-refractivity contribution in [1.82, 2.24) is 19.9 Å². The Bertz CT molecular complexity index is 561. The summed E-state index contributed by atoms with van der Waals surface area (Å²) in [6.45, 7) is 7.50. The highest BCUT2D eigenvalue weighted by Crippen LogP contribution is 2.25. The summed E-state index contributed by atoms with van der Waals surface area (Å²) in [6.07, 6.45) is 6.29. The van der Waals surface area contributed by atoms with Crippen molar-refractivity contribution in [1.29, 1.82) is 0 Å². The van der Waals surface area contributed by atoms with Crippen molar-refractivity contribution in [2.24, 2.45) is 0 Å². The third kappa shape index (κ3) is 2.12. The van der Waals surface area contributed by atoms with Crippen LogP contribution in [0.3, 0.4) is 0 Å². The standard InChI is InChI=1S/C14H20N4/c1-14(2,3)18-12-6-7-15-8-11(12)17-13(18)9-16-10-4-5-10/h6-8,10,16H,4-5,9H2,1-3H3. The maximum absolute atomic E-state index is 4.72. The molecule has 4 nitrogen and oxygen atoms in total. The number of imidazole rings is 1. The summed E-state index contributed by atoms with van der Waals surface area (Å²) in [5.41, 5.74) is 2.20. The van der Waals surface area contributed by atoms with Gasteiger partial charge in [0, 0.05) is 17.8 Å². The summed E-state index contributed by atoms with van der Waals surface area (Å²) < 4.78 is 2.32. The van der Waals surface area contributed by atoms with E-state index in [2.05, 4.69) is 35.6 Å². The molecule has 0 unspecified atom stereocenters. The predicted octanol–water partition coefficient (Wildman–Crippen LogP) is 2.44. The van der Waals surface area contributed by atoms with E-state index in [0.29, 0.717) is 6.04 Å². The van der Waals surface area contributed by atoms with Crippen LogP contribution < -0.4 is 5.32 Å². The van der Waals surface area contributed by atoms with Gasteiger partial charge in [-0.25, -0.2) is 4.98 Å². The summed E-state index contributed by atoms with van der Waals surface area (Å²) in [4.78, 5) is 8.88. The molecule has 18 heavy (non-hydrogen) atoms. The van der Waals surface area contributed by atoms with E-state index in [-0.39, 0.29) is 5.54 Å². The Morgan fingerprint density at radius 1 is 1.39 bits per heavy atom. The summed E-state index contributed by atoms with van der Waals surface area (Å²) in [6, 6.07) is 2.75. The van der Waals surface area contributed by atoms with Gasteiger partial charge in [-0.1, -0.05) is 0 Å². The first kappa shape index (κ1) is 11.7. The van der Waals surface area contributed by atoms with E-state index in [0.717, 1.165) is 17.9 Å². The van der Waals surface area contributed by atoms with Crippen LogP contribution in [0.5, 0.6) is 0 Å². The fourth-order valence-corrected chi connectivity index (χ4v) is 2.37. The van der Waals surface area contributed by atoms with Crippen LogP contribution in [0.1, 0.15) is 39.4 Å². The summed E-state index contributed by atoms with van der Waals surface area (Å²) in [5, 5.41) is 3.54. The molecule has 0 amide bonds. The molecule has 1 saturated carbocycles. The maximum Gasteiger partial charge on any atom is 0.124 e. The normalized spacial score (nSPS) is 16.4. The number of nitrogens with zero attached hydrogens (tertiary/aromatic N) is 3. The molecule has 96 valence electrons. The van der Waals surface area contributed by atoms with Crippen molar-refractivity contribution in [3.05, 3.63) is 24.3 Å². The molecule has 1 N–H and O–H groups in total. The van der Waals surface area contributed by atoms with Crippen LogP contribution in [0.25, 0.3) is 11.0 Å². The molecule has 0 radical (unpaired) electrons. The first-order valence-electron chi connectivity index (χ1n) is 6.61. The number of rotatable bonds is 3. The van der Waals surface area contributed by atoms with Crippen LogP contribution in [0.15, 0.2) is 18.5 Å². The van der Waals surface area contributed by atoms with Gasteiger partial charge in [0.1, 0.15) is 11.3 Å². The number of pyridine rings is 1. The number of nitrogens with one attached hydrogen (secondary N) is 1. The van der Waals surface area contributed by atoms with Crippen molar-refractivity contribution < 1.29 is 0 Å². The van der Waals surface area contributed by atoms with Gasteiger partial charge in [0.25, 0.3) is 0 Å². The van der Waals surface area contributed by atoms with Gasteiger partial charge >= 0.3 is 0 Å². The monoisotopic (exact) mass is 244 g/mol. The highest BCUT2D eigenvalue weighted by Gasteiger charge is 2.24. The van der Waals surface area contributed by atoms with Gasteiger partial charge in [-0.05, 0) is 39.7 Å². The predicted molar refractivity (Wildman–Crippen MR) is 72.4 cm³/mol. The Morgan fingerprint density at radius 3 is 2.83 bits per heavy atom. The van der Waals surface area contributed by atoms with E-state index in [1.165, 1.54) is 18.4 Å². The van der Waals surface area contributed by atoms with Crippen LogP contribution in [-0.4, -0.2) is 20.6 Å². The Morgan fingerprint density at radius 2 is 2.17 bits per heavy atom. The Balaban J connectivity index is 2.04. The van der Waals surface area contributed by atoms with Crippen molar-refractivity contribution in [3.63, 3.8) is 0 Å². The lowest BCUT2D eigenvalue weighted by Crippen LogP contribution is -2.27. The Labute approximate surface area is 107 Å². The van der Waals surface area contributed by atoms with E-state index in [1.54, 1.807) is 0 Å². The molecule has 0 saturated heterocycles. The van der Waals surface area contributed by atoms with Gasteiger partial charge in [0.2, 0.25) is 0 Å². The second-order valence-electron chi connectivity index (χ2n) is 6.05. The Hall–Kier alpha value is -1.42. The van der Waals surface area contributed by atoms with Crippen LogP contribution >= 0.6 is 0 Å². The van der Waals surface area contributed by atoms with Gasteiger partial charge < -0.3 is 9.88 Å². The molecule has 4 heteroatoms. The average Bonchev–Trinajstić information content (AvgIpc) is 3.04. The lowest BCUT2D eigenvalue weighted by atomic mass is 10.1. The van der Waals surface area contributed by atoms with Crippen molar-refractivity contribution in [2.75, 3.05) is 0 Å². The molecule has 0 spiro atoms. The molecule has 0 aliphatic heterocycles. The molecule has 0 aromatic carbocycles. The largest absolute Gasteiger partial charge is 0.321 e. The quantitative estimate of drug-likeness (QED) is 0.901. The smallest absolute Gasteiger partial charge is 0.124 e. The van der Waals surface area contributed by atoms with Crippen molar-refractivity contribution in [2.45, 2.75) is 51.7 Å². The number of fused-ring (bicyclic) bond motifs is 1. The van der Waals surface area contributed by atoms with Gasteiger partial charge in [0.05, 0.1) is 18.3 Å². The zero-order chi connectivity index (χ0) is 12.8. The third-order valence-electron chi connectivity index (χ3n) is 3.32. The second kappa shape index (κ2) is 4.05. The lowest BCUT2D eigenvalue weighted by Gasteiger charge is -2.24. The summed E-state index contributed by atoms with van der Waals surface area (Å²) in [7, 11) is 0. The fourth-order valence-electron chi connectivity index (χ4n) is 2.37. The summed E-state index contributed by atoms with van der Waals surface area (Å²) >= 11 is 0. The molecule has 0 bridgehead atoms. The second-order valence-corrected chi connectivity index (χ2v) is 6.05. The molecule has 0 atom stereocenters. The molecule has 2 aromatic rings. The molecular formula is C14H20N4. The first-order valence-corrected chi connectivity index (χ1v) is 6.61. The van der Waals surface area contributed by atoms with Gasteiger partial charge in [-0.3, -0.25) is 4.98 Å². The number of aromatic nitrogens is 3. The highest BCUT2D eigenvalue weighted by molar-refractivity contribution is 5.75. The van der Waals surface area contributed by atoms with E-state index < -0.39 is 0 Å². The highest BCUT2D eigenvalue weighted by atomic mass is 15.2. The minimum Gasteiger partial charge on any atom is -0.321 e. The zero-order valence-electron chi connectivity index (χ0n) is 11.3. The van der Waals surface area contributed by atoms with E-state index in [9.17, 15) is 0 Å². The average molecular weight is 244 g/mol. The fraction of sp³-hybridized carbons (Fsp3) is 0.571.